The maximum absolute atomic E-state index is 15.0. The van der Waals surface area contributed by atoms with Gasteiger partial charge in [0, 0.05) is 68.3 Å². The van der Waals surface area contributed by atoms with Crippen molar-refractivity contribution in [1.82, 2.24) is 37.2 Å². The van der Waals surface area contributed by atoms with Crippen LogP contribution in [-0.2, 0) is 68.9 Å². The summed E-state index contributed by atoms with van der Waals surface area (Å²) in [4.78, 5) is 137. The lowest BCUT2D eigenvalue weighted by Crippen LogP contribution is -2.46. The number of hydrogen-bond donors (Lipinski definition) is 10. The number of carbonyl (C=O) groups excluding carboxylic acids is 10. The van der Waals surface area contributed by atoms with E-state index in [0.29, 0.717) is 91.9 Å². The average Bonchev–Trinajstić information content (AvgIpc) is 0.676. The van der Waals surface area contributed by atoms with E-state index < -0.39 is 111 Å². The van der Waals surface area contributed by atoms with Crippen LogP contribution in [0.5, 0.6) is 0 Å². The van der Waals surface area contributed by atoms with Crippen molar-refractivity contribution >= 4 is 71.4 Å². The lowest BCUT2D eigenvalue weighted by atomic mass is 9.51. The molecule has 0 saturated heterocycles. The third-order valence-corrected chi connectivity index (χ3v) is 16.2. The van der Waals surface area contributed by atoms with Gasteiger partial charge < -0.3 is 91.5 Å². The molecule has 11 N–H and O–H groups in total. The van der Waals surface area contributed by atoms with Gasteiger partial charge >= 0.3 is 36.6 Å². The van der Waals surface area contributed by atoms with Crippen molar-refractivity contribution < 1.29 is 85.8 Å². The number of Topliss-reactive ketones (excluding diaryl/α,β-unsaturated/α-hetero) is 1. The second-order valence-corrected chi connectivity index (χ2v) is 32.7. The van der Waals surface area contributed by atoms with Crippen LogP contribution in [0.3, 0.4) is 0 Å². The monoisotopic (exact) mass is 1480 g/mol. The molecule has 28 nitrogen and oxygen atoms in total. The standard InChI is InChI=1S/C78H120N10O18/c1-72(2,3)101-66(93)81-37-22-19-25-58(86-69(96)104-75(10,11)12)61(89)46-49-28-31-52-55(45-49)78(35-34-62(90)80-40-42-100-44-43-99-41-36-79)56-47-50(84-64(91)59(87-70(97)105-76(13,14)15)26-20-23-38-82-67(94)102-73(4,5)6)29-32-53(56)63(52)54-33-30-51(48-57(54)78)85-65(92)60(88-71(98)106-77(16,17)18)27-21-24-39-83-68(95)103-74(7,8)9/h28-33,45,47-48,58-60,63H,19-27,34-44,46,79H2,1-18H3,(H,80,90)(H,81,93)(H,82,94)(H,83,95)(H,84,91)(H,85,92)(H,86,96)(H,87,97)(H,88,98)/t58-,59-,60-,63?,78?/m0/s1. The van der Waals surface area contributed by atoms with Crippen LogP contribution < -0.4 is 53.6 Å². The third kappa shape index (κ3) is 30.6. The van der Waals surface area contributed by atoms with Crippen molar-refractivity contribution in [1.29, 1.82) is 0 Å². The largest absolute Gasteiger partial charge is 0.444 e. The molecule has 0 spiro atoms. The van der Waals surface area contributed by atoms with E-state index in [1.54, 1.807) is 137 Å². The van der Waals surface area contributed by atoms with Crippen molar-refractivity contribution in [3.05, 3.63) is 93.5 Å². The number of nitrogens with two attached hydrogens (primary N) is 1. The first-order chi connectivity index (χ1) is 49.3. The quantitative estimate of drug-likeness (QED) is 0.0191. The number of amides is 9. The molecule has 3 aromatic rings. The molecule has 0 aliphatic heterocycles. The summed E-state index contributed by atoms with van der Waals surface area (Å²) in [7, 11) is 0. The van der Waals surface area contributed by atoms with E-state index in [2.05, 4.69) is 47.9 Å². The number of anilines is 2. The van der Waals surface area contributed by atoms with E-state index in [4.69, 9.17) is 43.6 Å². The number of alkyl carbamates (subject to hydrolysis) is 6. The molecule has 0 unspecified atom stereocenters. The molecule has 0 fully saturated rings. The summed E-state index contributed by atoms with van der Waals surface area (Å²) in [6, 6.07) is 13.5. The number of ketones is 1. The average molecular weight is 1490 g/mol. The SMILES string of the molecule is CC(C)(C)OC(=O)NCCCC[C@H](NC(=O)OC(C)(C)C)C(=O)Cc1ccc2c(c1)C1(CCC(=O)NCCOCCOCCN)c3cc(NC(=O)[C@H](CCCCNC(=O)OC(C)(C)C)NC(=O)OC(C)(C)C)ccc3C2c2ccc(NC(=O)[C@H](CCCCNC(=O)OC(C)(C)C)NC(=O)OC(C)(C)C)cc21. The van der Waals surface area contributed by atoms with Crippen molar-refractivity contribution in [3.8, 4) is 0 Å². The molecule has 0 aromatic heterocycles. The number of nitrogens with one attached hydrogen (secondary N) is 9. The topological polar surface area (TPSA) is 379 Å². The second-order valence-electron chi connectivity index (χ2n) is 32.7. The molecule has 0 heterocycles. The molecule has 6 rings (SSSR count). The summed E-state index contributed by atoms with van der Waals surface area (Å²) in [6.45, 7) is 33.5. The Bertz CT molecular complexity index is 3170. The Morgan fingerprint density at radius 3 is 1.14 bits per heavy atom. The van der Waals surface area contributed by atoms with Gasteiger partial charge in [-0.1, -0.05) is 30.3 Å². The van der Waals surface area contributed by atoms with Gasteiger partial charge in [-0.15, -0.1) is 0 Å². The molecule has 2 bridgehead atoms. The molecule has 3 atom stereocenters. The summed E-state index contributed by atoms with van der Waals surface area (Å²) in [5, 5.41) is 25.7. The highest BCUT2D eigenvalue weighted by Gasteiger charge is 2.52. The molecule has 9 amide bonds. The predicted molar refractivity (Wildman–Crippen MR) is 403 cm³/mol. The van der Waals surface area contributed by atoms with E-state index in [1.807, 2.05) is 42.5 Å². The van der Waals surface area contributed by atoms with Gasteiger partial charge in [0.25, 0.3) is 0 Å². The molecule has 28 heteroatoms. The minimum atomic E-state index is -1.33. The highest BCUT2D eigenvalue weighted by atomic mass is 16.6. The van der Waals surface area contributed by atoms with Gasteiger partial charge in [-0.3, -0.25) is 19.2 Å². The minimum Gasteiger partial charge on any atom is -0.444 e. The van der Waals surface area contributed by atoms with Gasteiger partial charge in [0.15, 0.2) is 5.78 Å². The number of rotatable bonds is 36. The van der Waals surface area contributed by atoms with Crippen molar-refractivity contribution in [2.24, 2.45) is 5.73 Å². The van der Waals surface area contributed by atoms with E-state index in [0.717, 1.165) is 16.7 Å². The molecular weight excluding hydrogens is 1360 g/mol. The van der Waals surface area contributed by atoms with E-state index in [1.165, 1.54) is 0 Å². The Labute approximate surface area is 625 Å². The summed E-state index contributed by atoms with van der Waals surface area (Å²) >= 11 is 0. The van der Waals surface area contributed by atoms with Crippen molar-refractivity contribution in [3.63, 3.8) is 0 Å². The molecule has 106 heavy (non-hydrogen) atoms. The summed E-state index contributed by atoms with van der Waals surface area (Å²) in [5.74, 6) is -2.34. The zero-order valence-corrected chi connectivity index (χ0v) is 65.8. The van der Waals surface area contributed by atoms with Crippen LogP contribution in [0.25, 0.3) is 0 Å². The first kappa shape index (κ1) is 87.9. The molecule has 3 aliphatic rings. The van der Waals surface area contributed by atoms with Crippen molar-refractivity contribution in [2.75, 3.05) is 69.8 Å². The van der Waals surface area contributed by atoms with E-state index >= 15 is 0 Å². The molecule has 0 saturated carbocycles. The fourth-order valence-corrected chi connectivity index (χ4v) is 12.2. The van der Waals surface area contributed by atoms with Gasteiger partial charge in [-0.05, 0) is 252 Å². The fraction of sp³-hybridized carbons (Fsp3) is 0.641. The lowest BCUT2D eigenvalue weighted by Gasteiger charge is -2.51. The minimum absolute atomic E-state index is 0.0685. The molecule has 0 radical (unpaired) electrons. The molecule has 590 valence electrons. The molecular formula is C78H120N10O18. The van der Waals surface area contributed by atoms with Crippen LogP contribution in [0.1, 0.15) is 240 Å². The van der Waals surface area contributed by atoms with Crippen LogP contribution in [-0.4, -0.2) is 171 Å². The van der Waals surface area contributed by atoms with Gasteiger partial charge in [0.1, 0.15) is 45.7 Å². The Morgan fingerprint density at radius 2 is 0.755 bits per heavy atom. The Hall–Kier alpha value is -8.76. The maximum Gasteiger partial charge on any atom is 0.408 e. The van der Waals surface area contributed by atoms with Gasteiger partial charge in [0.05, 0.1) is 32.5 Å². The molecule has 3 aromatic carbocycles. The summed E-state index contributed by atoms with van der Waals surface area (Å²) in [5.41, 5.74) is 5.16. The van der Waals surface area contributed by atoms with Crippen LogP contribution in [0.2, 0.25) is 0 Å². The van der Waals surface area contributed by atoms with Crippen LogP contribution >= 0.6 is 0 Å². The van der Waals surface area contributed by atoms with E-state index in [-0.39, 0.29) is 89.6 Å². The highest BCUT2D eigenvalue weighted by Crippen LogP contribution is 2.62. The van der Waals surface area contributed by atoms with E-state index in [9.17, 15) is 47.9 Å². The van der Waals surface area contributed by atoms with Gasteiger partial charge in [-0.2, -0.15) is 0 Å². The highest BCUT2D eigenvalue weighted by molar-refractivity contribution is 5.98. The predicted octanol–water partition coefficient (Wildman–Crippen LogP) is 11.5. The third-order valence-electron chi connectivity index (χ3n) is 16.2. The Kier molecular flexibility index (Phi) is 32.5. The van der Waals surface area contributed by atoms with Crippen LogP contribution in [0, 0.1) is 0 Å². The van der Waals surface area contributed by atoms with Crippen LogP contribution in [0.15, 0.2) is 54.6 Å². The number of unbranched alkanes of at least 4 members (excludes halogenated alkanes) is 3. The number of ether oxygens (including phenoxy) is 8. The maximum atomic E-state index is 15.0. The number of carbonyl (C=O) groups is 10. The first-order valence-corrected chi connectivity index (χ1v) is 36.9. The Morgan fingerprint density at radius 1 is 0.406 bits per heavy atom. The second kappa shape index (κ2) is 39.2. The van der Waals surface area contributed by atoms with Gasteiger partial charge in [0.2, 0.25) is 17.7 Å². The number of hydrogen-bond acceptors (Lipinski definition) is 19. The lowest BCUT2D eigenvalue weighted by molar-refractivity contribution is -0.122. The normalized spacial score (nSPS) is 15.4. The summed E-state index contributed by atoms with van der Waals surface area (Å²) < 4.78 is 44.4. The Balaban J connectivity index is 1.68. The fourth-order valence-electron chi connectivity index (χ4n) is 12.2. The van der Waals surface area contributed by atoms with Crippen molar-refractivity contribution in [2.45, 2.75) is 265 Å². The smallest absolute Gasteiger partial charge is 0.408 e. The first-order valence-electron chi connectivity index (χ1n) is 36.9. The zero-order valence-electron chi connectivity index (χ0n) is 65.8. The van der Waals surface area contributed by atoms with Gasteiger partial charge in [-0.25, -0.2) is 28.8 Å². The van der Waals surface area contributed by atoms with Crippen LogP contribution in [0.4, 0.5) is 40.1 Å². The number of benzene rings is 3. The molecule has 3 aliphatic carbocycles. The zero-order chi connectivity index (χ0) is 79.0. The summed E-state index contributed by atoms with van der Waals surface area (Å²) in [6.07, 6.45) is -1.51.